The molecule has 0 aliphatic carbocycles. The maximum atomic E-state index is 13.3. The van der Waals surface area contributed by atoms with Gasteiger partial charge in [0.2, 0.25) is 0 Å². The van der Waals surface area contributed by atoms with E-state index in [4.69, 9.17) is 10.8 Å². The minimum atomic E-state index is -1.28. The van der Waals surface area contributed by atoms with Gasteiger partial charge >= 0.3 is 5.97 Å². The molecule has 1 rings (SSSR count). The van der Waals surface area contributed by atoms with Crippen LogP contribution in [0.2, 0.25) is 0 Å². The van der Waals surface area contributed by atoms with Gasteiger partial charge in [-0.25, -0.2) is 8.78 Å². The fourth-order valence-corrected chi connectivity index (χ4v) is 1.48. The van der Waals surface area contributed by atoms with Gasteiger partial charge in [0.25, 0.3) is 0 Å². The van der Waals surface area contributed by atoms with E-state index in [9.17, 15) is 13.6 Å². The van der Waals surface area contributed by atoms with Crippen LogP contribution in [0.25, 0.3) is 0 Å². The molecule has 0 saturated heterocycles. The average Bonchev–Trinajstić information content (AvgIpc) is 2.14. The van der Waals surface area contributed by atoms with Crippen molar-refractivity contribution in [1.29, 1.82) is 0 Å². The molecule has 0 aliphatic heterocycles. The Morgan fingerprint density at radius 3 is 2.53 bits per heavy atom. The van der Waals surface area contributed by atoms with E-state index in [0.717, 1.165) is 12.1 Å². The number of carboxylic acids is 1. The Bertz CT molecular complexity index is 398. The van der Waals surface area contributed by atoms with Crippen LogP contribution < -0.4 is 5.73 Å². The van der Waals surface area contributed by atoms with Gasteiger partial charge in [-0.2, -0.15) is 0 Å². The second-order valence-electron chi connectivity index (χ2n) is 2.91. The second-order valence-corrected chi connectivity index (χ2v) is 3.77. The van der Waals surface area contributed by atoms with Crippen molar-refractivity contribution in [1.82, 2.24) is 0 Å². The summed E-state index contributed by atoms with van der Waals surface area (Å²) in [6, 6.07) is 1.72. The van der Waals surface area contributed by atoms with Crippen molar-refractivity contribution in [3.8, 4) is 0 Å². The van der Waals surface area contributed by atoms with Crippen molar-refractivity contribution in [2.75, 3.05) is 6.54 Å². The topological polar surface area (TPSA) is 63.3 Å². The molecule has 3 N–H and O–H groups in total. The number of hydrogen-bond donors (Lipinski definition) is 2. The lowest BCUT2D eigenvalue weighted by Crippen LogP contribution is -2.22. The minimum absolute atomic E-state index is 0.0510. The van der Waals surface area contributed by atoms with Gasteiger partial charge in [0.1, 0.15) is 11.6 Å². The zero-order valence-electron chi connectivity index (χ0n) is 7.51. The van der Waals surface area contributed by atoms with Crippen LogP contribution in [0.5, 0.6) is 0 Å². The van der Waals surface area contributed by atoms with E-state index < -0.39 is 23.5 Å². The van der Waals surface area contributed by atoms with Gasteiger partial charge in [0, 0.05) is 12.1 Å². The SMILES string of the molecule is NCC(C(=O)O)c1cc(F)c(Br)cc1F. The molecular formula is C9H8BrF2NO2. The van der Waals surface area contributed by atoms with Gasteiger partial charge < -0.3 is 10.8 Å². The molecule has 0 spiro atoms. The highest BCUT2D eigenvalue weighted by atomic mass is 79.9. The van der Waals surface area contributed by atoms with Crippen molar-refractivity contribution in [2.24, 2.45) is 5.73 Å². The smallest absolute Gasteiger partial charge is 0.312 e. The van der Waals surface area contributed by atoms with Crippen molar-refractivity contribution in [2.45, 2.75) is 5.92 Å². The first-order valence-corrected chi connectivity index (χ1v) is 4.84. The summed E-state index contributed by atoms with van der Waals surface area (Å²) in [6.45, 7) is -0.284. The van der Waals surface area contributed by atoms with Crippen molar-refractivity contribution in [3.63, 3.8) is 0 Å². The Kier molecular flexibility index (Phi) is 3.76. The van der Waals surface area contributed by atoms with E-state index in [1.54, 1.807) is 0 Å². The molecule has 0 fully saturated rings. The van der Waals surface area contributed by atoms with Gasteiger partial charge in [-0.3, -0.25) is 4.79 Å². The molecule has 1 atom stereocenters. The average molecular weight is 280 g/mol. The van der Waals surface area contributed by atoms with Gasteiger partial charge in [0.15, 0.2) is 0 Å². The third-order valence-corrected chi connectivity index (χ3v) is 2.56. The Balaban J connectivity index is 3.24. The molecule has 0 aromatic heterocycles. The van der Waals surface area contributed by atoms with Crippen LogP contribution in [0.3, 0.4) is 0 Å². The quantitative estimate of drug-likeness (QED) is 0.830. The van der Waals surface area contributed by atoms with Crippen LogP contribution >= 0.6 is 15.9 Å². The van der Waals surface area contributed by atoms with Gasteiger partial charge in [0.05, 0.1) is 10.4 Å². The number of aliphatic carboxylic acids is 1. The number of rotatable bonds is 3. The molecule has 0 amide bonds. The van der Waals surface area contributed by atoms with Crippen molar-refractivity contribution >= 4 is 21.9 Å². The summed E-state index contributed by atoms with van der Waals surface area (Å²) in [5, 5.41) is 8.73. The molecule has 1 unspecified atom stereocenters. The molecule has 3 nitrogen and oxygen atoms in total. The molecule has 6 heteroatoms. The van der Waals surface area contributed by atoms with Gasteiger partial charge in [-0.15, -0.1) is 0 Å². The van der Waals surface area contributed by atoms with Crippen LogP contribution in [0.1, 0.15) is 11.5 Å². The molecule has 0 radical (unpaired) electrons. The number of halogens is 3. The molecule has 0 aliphatic rings. The molecular weight excluding hydrogens is 272 g/mol. The Morgan fingerprint density at radius 1 is 1.47 bits per heavy atom. The number of carboxylic acid groups (broad SMARTS) is 1. The largest absolute Gasteiger partial charge is 0.481 e. The van der Waals surface area contributed by atoms with E-state index >= 15 is 0 Å². The number of hydrogen-bond acceptors (Lipinski definition) is 2. The Labute approximate surface area is 93.0 Å². The van der Waals surface area contributed by atoms with E-state index in [-0.39, 0.29) is 16.6 Å². The monoisotopic (exact) mass is 279 g/mol. The van der Waals surface area contributed by atoms with E-state index in [2.05, 4.69) is 15.9 Å². The summed E-state index contributed by atoms with van der Waals surface area (Å²) < 4.78 is 26.3. The summed E-state index contributed by atoms with van der Waals surface area (Å²) in [5.74, 6) is -4.02. The summed E-state index contributed by atoms with van der Waals surface area (Å²) in [7, 11) is 0. The first kappa shape index (κ1) is 12.1. The number of benzene rings is 1. The first-order chi connectivity index (χ1) is 6.97. The molecule has 0 saturated carbocycles. The molecule has 0 bridgehead atoms. The maximum absolute atomic E-state index is 13.3. The Morgan fingerprint density at radius 2 is 2.07 bits per heavy atom. The fraction of sp³-hybridized carbons (Fsp3) is 0.222. The summed E-state index contributed by atoms with van der Waals surface area (Å²) in [5.41, 5.74) is 4.94. The lowest BCUT2D eigenvalue weighted by atomic mass is 9.99. The van der Waals surface area contributed by atoms with Crippen molar-refractivity contribution in [3.05, 3.63) is 33.8 Å². The molecule has 15 heavy (non-hydrogen) atoms. The zero-order chi connectivity index (χ0) is 11.6. The van der Waals surface area contributed by atoms with E-state index in [0.29, 0.717) is 0 Å². The number of nitrogens with two attached hydrogens (primary N) is 1. The van der Waals surface area contributed by atoms with Gasteiger partial charge in [-0.1, -0.05) is 0 Å². The summed E-state index contributed by atoms with van der Waals surface area (Å²) >= 11 is 2.79. The highest BCUT2D eigenvalue weighted by molar-refractivity contribution is 9.10. The highest BCUT2D eigenvalue weighted by Gasteiger charge is 2.23. The van der Waals surface area contributed by atoms with E-state index in [1.807, 2.05) is 0 Å². The van der Waals surface area contributed by atoms with E-state index in [1.165, 1.54) is 0 Å². The van der Waals surface area contributed by atoms with Crippen LogP contribution in [0.15, 0.2) is 16.6 Å². The minimum Gasteiger partial charge on any atom is -0.481 e. The third-order valence-electron chi connectivity index (χ3n) is 1.95. The summed E-state index contributed by atoms with van der Waals surface area (Å²) in [6.07, 6.45) is 0. The highest BCUT2D eigenvalue weighted by Crippen LogP contribution is 2.25. The van der Waals surface area contributed by atoms with Gasteiger partial charge in [-0.05, 0) is 28.1 Å². The fourth-order valence-electron chi connectivity index (χ4n) is 1.17. The van der Waals surface area contributed by atoms with Crippen molar-refractivity contribution < 1.29 is 18.7 Å². The standard InChI is InChI=1S/C9H8BrF2NO2/c10-6-2-7(11)4(1-8(6)12)5(3-13)9(14)15/h1-2,5H,3,13H2,(H,14,15). The van der Waals surface area contributed by atoms with Crippen LogP contribution in [0, 0.1) is 11.6 Å². The van der Waals surface area contributed by atoms with Crippen LogP contribution in [0.4, 0.5) is 8.78 Å². The molecule has 0 heterocycles. The first-order valence-electron chi connectivity index (χ1n) is 4.04. The summed E-state index contributed by atoms with van der Waals surface area (Å²) in [4.78, 5) is 10.7. The molecule has 1 aromatic rings. The zero-order valence-corrected chi connectivity index (χ0v) is 9.09. The molecule has 1 aromatic carbocycles. The second kappa shape index (κ2) is 4.67. The molecule has 82 valence electrons. The normalized spacial score (nSPS) is 12.5. The number of carbonyl (C=O) groups is 1. The Hall–Kier alpha value is -1.01. The van der Waals surface area contributed by atoms with Crippen LogP contribution in [-0.4, -0.2) is 17.6 Å². The predicted molar refractivity (Wildman–Crippen MR) is 53.5 cm³/mol. The van der Waals surface area contributed by atoms with Crippen LogP contribution in [-0.2, 0) is 4.79 Å². The lowest BCUT2D eigenvalue weighted by Gasteiger charge is -2.11. The maximum Gasteiger partial charge on any atom is 0.312 e. The lowest BCUT2D eigenvalue weighted by molar-refractivity contribution is -0.138. The third kappa shape index (κ3) is 2.51. The predicted octanol–water partition coefficient (Wildman–Crippen LogP) is 1.85.